The third kappa shape index (κ3) is 3.21. The Kier molecular flexibility index (Phi) is 4.26. The van der Waals surface area contributed by atoms with Gasteiger partial charge in [0.05, 0.1) is 7.11 Å². The van der Waals surface area contributed by atoms with Crippen LogP contribution in [0.3, 0.4) is 0 Å². The van der Waals surface area contributed by atoms with Gasteiger partial charge in [0.1, 0.15) is 10.3 Å². The van der Waals surface area contributed by atoms with Gasteiger partial charge in [0.25, 0.3) is 0 Å². The van der Waals surface area contributed by atoms with E-state index in [1.807, 2.05) is 0 Å². The predicted octanol–water partition coefficient (Wildman–Crippen LogP) is 3.71. The number of ether oxygens (including phenoxy) is 1. The first-order valence-corrected chi connectivity index (χ1v) is 6.42. The predicted molar refractivity (Wildman–Crippen MR) is 71.5 cm³/mol. The van der Waals surface area contributed by atoms with Crippen LogP contribution in [0.25, 0.3) is 11.3 Å². The summed E-state index contributed by atoms with van der Waals surface area (Å²) in [5.41, 5.74) is -1.60. The summed E-state index contributed by atoms with van der Waals surface area (Å²) in [5.74, 6) is -1.19. The quantitative estimate of drug-likeness (QED) is 0.766. The molecule has 0 bridgehead atoms. The van der Waals surface area contributed by atoms with Crippen molar-refractivity contribution in [3.63, 3.8) is 0 Å². The Hall–Kier alpha value is -1.96. The third-order valence-corrected chi connectivity index (χ3v) is 3.10. The van der Waals surface area contributed by atoms with E-state index in [0.717, 1.165) is 7.11 Å². The van der Waals surface area contributed by atoms with Gasteiger partial charge in [-0.15, -0.1) is 0 Å². The monoisotopic (exact) mass is 360 g/mol. The highest BCUT2D eigenvalue weighted by Gasteiger charge is 2.39. The molecule has 0 amide bonds. The van der Waals surface area contributed by atoms with Gasteiger partial charge in [0, 0.05) is 5.56 Å². The summed E-state index contributed by atoms with van der Waals surface area (Å²) in [6.07, 6.45) is -4.81. The number of aromatic nitrogens is 2. The van der Waals surface area contributed by atoms with E-state index in [4.69, 9.17) is 0 Å². The number of benzene rings is 1. The molecule has 0 aliphatic heterocycles. The smallest absolute Gasteiger partial charge is 0.435 e. The minimum Gasteiger partial charge on any atom is -0.464 e. The van der Waals surface area contributed by atoms with Crippen LogP contribution in [-0.4, -0.2) is 23.0 Å². The molecule has 1 aromatic heterocycles. The molecule has 2 rings (SSSR count). The van der Waals surface area contributed by atoms with Crippen LogP contribution in [0.4, 0.5) is 13.2 Å². The fourth-order valence-corrected chi connectivity index (χ4v) is 2.13. The van der Waals surface area contributed by atoms with Crippen LogP contribution < -0.4 is 0 Å². The van der Waals surface area contributed by atoms with E-state index >= 15 is 0 Å². The zero-order valence-corrected chi connectivity index (χ0v) is 12.2. The molecule has 0 aliphatic carbocycles. The molecule has 0 saturated heterocycles. The summed E-state index contributed by atoms with van der Waals surface area (Å²) < 4.78 is 43.0. The molecule has 110 valence electrons. The minimum absolute atomic E-state index is 0.103. The second-order valence-electron chi connectivity index (χ2n) is 3.92. The van der Waals surface area contributed by atoms with E-state index in [-0.39, 0.29) is 10.3 Å². The molecular weight excluding hydrogens is 353 g/mol. The van der Waals surface area contributed by atoms with Crippen molar-refractivity contribution in [2.75, 3.05) is 7.11 Å². The standard InChI is InChI=1S/C13H8BrF3N2O2/c1-21-12(20)9-10(13(15,16)17)19-11(14)8(18-9)7-5-3-2-4-6-7/h2-6H,1H3. The molecule has 0 aliphatic rings. The lowest BCUT2D eigenvalue weighted by molar-refractivity contribution is -0.142. The lowest BCUT2D eigenvalue weighted by Gasteiger charge is -2.12. The fraction of sp³-hybridized carbons (Fsp3) is 0.154. The highest BCUT2D eigenvalue weighted by atomic mass is 79.9. The molecule has 8 heteroatoms. The van der Waals surface area contributed by atoms with Crippen molar-refractivity contribution in [2.24, 2.45) is 0 Å². The largest absolute Gasteiger partial charge is 0.464 e. The van der Waals surface area contributed by atoms with Crippen molar-refractivity contribution in [1.82, 2.24) is 9.97 Å². The van der Waals surface area contributed by atoms with Crippen LogP contribution >= 0.6 is 15.9 Å². The zero-order valence-electron chi connectivity index (χ0n) is 10.6. The average molecular weight is 361 g/mol. The Balaban J connectivity index is 2.69. The number of carbonyl (C=O) groups is 1. The van der Waals surface area contributed by atoms with Gasteiger partial charge < -0.3 is 4.74 Å². The Morgan fingerprint density at radius 3 is 2.33 bits per heavy atom. The normalized spacial score (nSPS) is 11.3. The summed E-state index contributed by atoms with van der Waals surface area (Å²) in [4.78, 5) is 18.7. The molecule has 0 spiro atoms. The molecule has 2 aromatic rings. The number of alkyl halides is 3. The summed E-state index contributed by atoms with van der Waals surface area (Å²) in [7, 11) is 0.981. The maximum absolute atomic E-state index is 12.9. The van der Waals surface area contributed by atoms with E-state index < -0.39 is 23.5 Å². The van der Waals surface area contributed by atoms with Crippen molar-refractivity contribution in [1.29, 1.82) is 0 Å². The Labute approximate surface area is 126 Å². The Morgan fingerprint density at radius 1 is 1.19 bits per heavy atom. The van der Waals surface area contributed by atoms with Gasteiger partial charge in [0.15, 0.2) is 11.4 Å². The second-order valence-corrected chi connectivity index (χ2v) is 4.67. The summed E-state index contributed by atoms with van der Waals surface area (Å²) in [5, 5.41) is 0. The second kappa shape index (κ2) is 5.80. The number of rotatable bonds is 2. The van der Waals surface area contributed by atoms with Crippen molar-refractivity contribution in [3.8, 4) is 11.3 Å². The van der Waals surface area contributed by atoms with Crippen LogP contribution in [0.15, 0.2) is 34.9 Å². The Bertz CT molecular complexity index is 675. The van der Waals surface area contributed by atoms with Crippen molar-refractivity contribution in [3.05, 3.63) is 46.3 Å². The zero-order chi connectivity index (χ0) is 15.6. The molecule has 1 heterocycles. The van der Waals surface area contributed by atoms with E-state index in [1.165, 1.54) is 0 Å². The molecule has 0 saturated carbocycles. The third-order valence-electron chi connectivity index (χ3n) is 2.55. The first-order chi connectivity index (χ1) is 9.84. The van der Waals surface area contributed by atoms with Gasteiger partial charge in [-0.1, -0.05) is 30.3 Å². The van der Waals surface area contributed by atoms with Crippen LogP contribution in [0, 0.1) is 0 Å². The first-order valence-electron chi connectivity index (χ1n) is 5.63. The molecule has 21 heavy (non-hydrogen) atoms. The SMILES string of the molecule is COC(=O)c1nc(-c2ccccc2)c(Br)nc1C(F)(F)F. The van der Waals surface area contributed by atoms with Crippen LogP contribution in [0.2, 0.25) is 0 Å². The molecule has 0 fully saturated rings. The molecule has 0 atom stereocenters. The summed E-state index contributed by atoms with van der Waals surface area (Å²) >= 11 is 2.96. The molecular formula is C13H8BrF3N2O2. The molecule has 0 unspecified atom stereocenters. The van der Waals surface area contributed by atoms with Gasteiger partial charge in [-0.25, -0.2) is 14.8 Å². The van der Waals surface area contributed by atoms with Crippen LogP contribution in [0.5, 0.6) is 0 Å². The van der Waals surface area contributed by atoms with Crippen LogP contribution in [-0.2, 0) is 10.9 Å². The van der Waals surface area contributed by atoms with Gasteiger partial charge in [0.2, 0.25) is 0 Å². The van der Waals surface area contributed by atoms with Crippen molar-refractivity contribution in [2.45, 2.75) is 6.18 Å². The number of hydrogen-bond donors (Lipinski definition) is 0. The summed E-state index contributed by atoms with van der Waals surface area (Å²) in [6.45, 7) is 0. The van der Waals surface area contributed by atoms with Gasteiger partial charge in [-0.3, -0.25) is 0 Å². The molecule has 0 radical (unpaired) electrons. The number of carbonyl (C=O) groups excluding carboxylic acids is 1. The van der Waals surface area contributed by atoms with Crippen molar-refractivity contribution < 1.29 is 22.7 Å². The maximum Gasteiger partial charge on any atom is 0.435 e. The number of methoxy groups -OCH3 is 1. The van der Waals surface area contributed by atoms with Crippen LogP contribution in [0.1, 0.15) is 16.2 Å². The number of esters is 1. The van der Waals surface area contributed by atoms with E-state index in [2.05, 4.69) is 30.6 Å². The van der Waals surface area contributed by atoms with E-state index in [1.54, 1.807) is 30.3 Å². The summed E-state index contributed by atoms with van der Waals surface area (Å²) in [6, 6.07) is 8.42. The fourth-order valence-electron chi connectivity index (χ4n) is 1.63. The number of nitrogens with zero attached hydrogens (tertiary/aromatic N) is 2. The van der Waals surface area contributed by atoms with Gasteiger partial charge in [-0.05, 0) is 15.9 Å². The average Bonchev–Trinajstić information content (AvgIpc) is 2.46. The topological polar surface area (TPSA) is 52.1 Å². The maximum atomic E-state index is 12.9. The number of hydrogen-bond acceptors (Lipinski definition) is 4. The highest BCUT2D eigenvalue weighted by molar-refractivity contribution is 9.10. The number of halogens is 4. The lowest BCUT2D eigenvalue weighted by Crippen LogP contribution is -2.19. The van der Waals surface area contributed by atoms with Gasteiger partial charge >= 0.3 is 12.1 Å². The lowest BCUT2D eigenvalue weighted by atomic mass is 10.1. The highest BCUT2D eigenvalue weighted by Crippen LogP contribution is 2.34. The molecule has 0 N–H and O–H groups in total. The van der Waals surface area contributed by atoms with E-state index in [9.17, 15) is 18.0 Å². The van der Waals surface area contributed by atoms with Gasteiger partial charge in [-0.2, -0.15) is 13.2 Å². The molecule has 1 aromatic carbocycles. The first kappa shape index (κ1) is 15.4. The molecule has 4 nitrogen and oxygen atoms in total. The van der Waals surface area contributed by atoms with E-state index in [0.29, 0.717) is 5.56 Å². The minimum atomic E-state index is -4.81. The Morgan fingerprint density at radius 2 is 1.81 bits per heavy atom. The van der Waals surface area contributed by atoms with Crippen molar-refractivity contribution >= 4 is 21.9 Å².